The Kier molecular flexibility index (Phi) is 3.79. The number of hydrogen-bond donors (Lipinski definition) is 1. The molecule has 4 heteroatoms. The van der Waals surface area contributed by atoms with E-state index >= 15 is 0 Å². The fourth-order valence-corrected chi connectivity index (χ4v) is 2.40. The molecule has 2 aromatic heterocycles. The Morgan fingerprint density at radius 1 is 1.14 bits per heavy atom. The summed E-state index contributed by atoms with van der Waals surface area (Å²) >= 11 is 0. The molecule has 2 N–H and O–H groups in total. The minimum absolute atomic E-state index is 0.595. The summed E-state index contributed by atoms with van der Waals surface area (Å²) in [5, 5.41) is 4.72. The van der Waals surface area contributed by atoms with E-state index in [-0.39, 0.29) is 0 Å². The van der Waals surface area contributed by atoms with Crippen LogP contribution in [0.15, 0.2) is 54.9 Å². The van der Waals surface area contributed by atoms with Gasteiger partial charge in [-0.1, -0.05) is 18.2 Å². The quantitative estimate of drug-likeness (QED) is 0.798. The van der Waals surface area contributed by atoms with Crippen LogP contribution in [0.4, 0.5) is 0 Å². The molecule has 0 radical (unpaired) electrons. The van der Waals surface area contributed by atoms with Crippen LogP contribution in [0.25, 0.3) is 16.9 Å². The number of rotatable bonds is 4. The molecule has 4 nitrogen and oxygen atoms in total. The normalized spacial score (nSPS) is 10.8. The molecule has 0 unspecified atom stereocenters. The molecule has 0 aliphatic rings. The Labute approximate surface area is 124 Å². The standard InChI is InChI=1S/C17H18N4/c1-13-5-2-3-7-16(13)21-17(11-15(20-21)8-9-18)14-6-4-10-19-12-14/h2-7,10-12H,8-9,18H2,1H3. The highest BCUT2D eigenvalue weighted by molar-refractivity contribution is 5.62. The summed E-state index contributed by atoms with van der Waals surface area (Å²) in [5.41, 5.74) is 11.0. The van der Waals surface area contributed by atoms with E-state index in [0.29, 0.717) is 6.54 Å². The van der Waals surface area contributed by atoms with Crippen molar-refractivity contribution in [3.8, 4) is 16.9 Å². The number of para-hydroxylation sites is 1. The first-order valence-corrected chi connectivity index (χ1v) is 7.05. The van der Waals surface area contributed by atoms with E-state index < -0.39 is 0 Å². The van der Waals surface area contributed by atoms with Crippen molar-refractivity contribution in [1.82, 2.24) is 14.8 Å². The predicted octanol–water partition coefficient (Wildman–Crippen LogP) is 2.74. The SMILES string of the molecule is Cc1ccccc1-n1nc(CCN)cc1-c1cccnc1. The number of nitrogens with zero attached hydrogens (tertiary/aromatic N) is 3. The molecular weight excluding hydrogens is 260 g/mol. The van der Waals surface area contributed by atoms with Crippen molar-refractivity contribution >= 4 is 0 Å². The van der Waals surface area contributed by atoms with Crippen molar-refractivity contribution < 1.29 is 0 Å². The third-order valence-corrected chi connectivity index (χ3v) is 3.46. The topological polar surface area (TPSA) is 56.7 Å². The van der Waals surface area contributed by atoms with Gasteiger partial charge in [0.25, 0.3) is 0 Å². The maximum atomic E-state index is 5.67. The second-order valence-corrected chi connectivity index (χ2v) is 5.00. The van der Waals surface area contributed by atoms with Gasteiger partial charge in [0.15, 0.2) is 0 Å². The highest BCUT2D eigenvalue weighted by atomic mass is 15.3. The van der Waals surface area contributed by atoms with E-state index in [4.69, 9.17) is 10.8 Å². The van der Waals surface area contributed by atoms with Crippen molar-refractivity contribution in [2.75, 3.05) is 6.54 Å². The van der Waals surface area contributed by atoms with E-state index in [1.807, 2.05) is 35.1 Å². The summed E-state index contributed by atoms with van der Waals surface area (Å²) in [5.74, 6) is 0. The van der Waals surface area contributed by atoms with Gasteiger partial charge in [0.05, 0.1) is 17.1 Å². The van der Waals surface area contributed by atoms with Crippen LogP contribution in [-0.4, -0.2) is 21.3 Å². The molecule has 0 fully saturated rings. The Morgan fingerprint density at radius 3 is 2.71 bits per heavy atom. The summed E-state index contributed by atoms with van der Waals surface area (Å²) in [6.07, 6.45) is 4.41. The maximum absolute atomic E-state index is 5.67. The number of hydrogen-bond acceptors (Lipinski definition) is 3. The fourth-order valence-electron chi connectivity index (χ4n) is 2.40. The zero-order valence-electron chi connectivity index (χ0n) is 12.0. The summed E-state index contributed by atoms with van der Waals surface area (Å²) in [4.78, 5) is 4.21. The van der Waals surface area contributed by atoms with Gasteiger partial charge >= 0.3 is 0 Å². The second-order valence-electron chi connectivity index (χ2n) is 5.00. The molecule has 21 heavy (non-hydrogen) atoms. The van der Waals surface area contributed by atoms with Crippen molar-refractivity contribution in [1.29, 1.82) is 0 Å². The molecule has 106 valence electrons. The third-order valence-electron chi connectivity index (χ3n) is 3.46. The lowest BCUT2D eigenvalue weighted by atomic mass is 10.1. The molecule has 3 aromatic rings. The minimum Gasteiger partial charge on any atom is -0.330 e. The van der Waals surface area contributed by atoms with Crippen LogP contribution in [0, 0.1) is 6.92 Å². The summed E-state index contributed by atoms with van der Waals surface area (Å²) in [7, 11) is 0. The number of nitrogens with two attached hydrogens (primary N) is 1. The monoisotopic (exact) mass is 278 g/mol. The average Bonchev–Trinajstić information content (AvgIpc) is 2.93. The van der Waals surface area contributed by atoms with Gasteiger partial charge < -0.3 is 5.73 Å². The van der Waals surface area contributed by atoms with Crippen LogP contribution < -0.4 is 5.73 Å². The molecule has 0 bridgehead atoms. The van der Waals surface area contributed by atoms with Crippen LogP contribution in [0.3, 0.4) is 0 Å². The fraction of sp³-hybridized carbons (Fsp3) is 0.176. The zero-order valence-corrected chi connectivity index (χ0v) is 12.0. The van der Waals surface area contributed by atoms with Gasteiger partial charge in [-0.2, -0.15) is 5.10 Å². The number of aryl methyl sites for hydroxylation is 1. The molecule has 0 saturated carbocycles. The molecule has 3 rings (SSSR count). The van der Waals surface area contributed by atoms with Crippen molar-refractivity contribution in [3.05, 3.63) is 66.1 Å². The lowest BCUT2D eigenvalue weighted by Crippen LogP contribution is -2.05. The van der Waals surface area contributed by atoms with E-state index in [1.165, 1.54) is 5.56 Å². The summed E-state index contributed by atoms with van der Waals surface area (Å²) in [6.45, 7) is 2.68. The van der Waals surface area contributed by atoms with Gasteiger partial charge in [-0.05, 0) is 43.3 Å². The van der Waals surface area contributed by atoms with E-state index in [1.54, 1.807) is 6.20 Å². The third kappa shape index (κ3) is 2.71. The largest absolute Gasteiger partial charge is 0.330 e. The zero-order chi connectivity index (χ0) is 14.7. The Bertz CT molecular complexity index is 732. The first-order valence-electron chi connectivity index (χ1n) is 7.05. The molecule has 0 amide bonds. The lowest BCUT2D eigenvalue weighted by Gasteiger charge is -2.09. The Balaban J connectivity index is 2.17. The number of benzene rings is 1. The first kappa shape index (κ1) is 13.5. The number of pyridine rings is 1. The van der Waals surface area contributed by atoms with E-state index in [0.717, 1.165) is 29.1 Å². The first-order chi connectivity index (χ1) is 10.3. The van der Waals surface area contributed by atoms with Gasteiger partial charge in [0.1, 0.15) is 0 Å². The van der Waals surface area contributed by atoms with Crippen molar-refractivity contribution in [2.24, 2.45) is 5.73 Å². The van der Waals surface area contributed by atoms with Gasteiger partial charge in [0, 0.05) is 24.4 Å². The molecule has 2 heterocycles. The van der Waals surface area contributed by atoms with Gasteiger partial charge in [0.2, 0.25) is 0 Å². The Hall–Kier alpha value is -2.46. The maximum Gasteiger partial charge on any atom is 0.0759 e. The number of aromatic nitrogens is 3. The molecule has 1 aromatic carbocycles. The van der Waals surface area contributed by atoms with Crippen LogP contribution in [-0.2, 0) is 6.42 Å². The van der Waals surface area contributed by atoms with Gasteiger partial charge in [-0.3, -0.25) is 4.98 Å². The van der Waals surface area contributed by atoms with Crippen LogP contribution in [0.1, 0.15) is 11.3 Å². The average molecular weight is 278 g/mol. The molecule has 0 aliphatic heterocycles. The predicted molar refractivity (Wildman–Crippen MR) is 84.3 cm³/mol. The minimum atomic E-state index is 0.595. The van der Waals surface area contributed by atoms with Gasteiger partial charge in [-0.15, -0.1) is 0 Å². The molecule has 0 atom stereocenters. The smallest absolute Gasteiger partial charge is 0.0759 e. The van der Waals surface area contributed by atoms with Crippen molar-refractivity contribution in [2.45, 2.75) is 13.3 Å². The van der Waals surface area contributed by atoms with E-state index in [2.05, 4.69) is 30.1 Å². The lowest BCUT2D eigenvalue weighted by molar-refractivity contribution is 0.821. The summed E-state index contributed by atoms with van der Waals surface area (Å²) < 4.78 is 1.98. The molecular formula is C17H18N4. The van der Waals surface area contributed by atoms with Crippen LogP contribution in [0.5, 0.6) is 0 Å². The highest BCUT2D eigenvalue weighted by Crippen LogP contribution is 2.25. The van der Waals surface area contributed by atoms with Crippen LogP contribution >= 0.6 is 0 Å². The van der Waals surface area contributed by atoms with Gasteiger partial charge in [-0.25, -0.2) is 4.68 Å². The Morgan fingerprint density at radius 2 is 2.00 bits per heavy atom. The van der Waals surface area contributed by atoms with Crippen LogP contribution in [0.2, 0.25) is 0 Å². The highest BCUT2D eigenvalue weighted by Gasteiger charge is 2.12. The summed E-state index contributed by atoms with van der Waals surface area (Å²) in [6, 6.07) is 14.3. The molecule has 0 saturated heterocycles. The molecule has 0 spiro atoms. The van der Waals surface area contributed by atoms with E-state index in [9.17, 15) is 0 Å². The second kappa shape index (κ2) is 5.89. The van der Waals surface area contributed by atoms with Crippen molar-refractivity contribution in [3.63, 3.8) is 0 Å². The molecule has 0 aliphatic carbocycles.